The quantitative estimate of drug-likeness (QED) is 0.353. The van der Waals surface area contributed by atoms with Crippen LogP contribution in [0.1, 0.15) is 5.56 Å². The molecule has 0 saturated heterocycles. The Labute approximate surface area is 120 Å². The van der Waals surface area contributed by atoms with E-state index in [4.69, 9.17) is 5.84 Å². The number of anilines is 1. The second-order valence-electron chi connectivity index (χ2n) is 3.93. The molecule has 0 radical (unpaired) electrons. The third-order valence-electron chi connectivity index (χ3n) is 2.48. The summed E-state index contributed by atoms with van der Waals surface area (Å²) in [6.45, 7) is 0.554. The average Bonchev–Trinajstić information content (AvgIpc) is 2.44. The Hall–Kier alpha value is -1.85. The van der Waals surface area contributed by atoms with Gasteiger partial charge in [0.2, 0.25) is 5.96 Å². The molecule has 0 aliphatic heterocycles. The van der Waals surface area contributed by atoms with Gasteiger partial charge in [-0.2, -0.15) is 0 Å². The summed E-state index contributed by atoms with van der Waals surface area (Å²) in [6, 6.07) is 17.8. The molecule has 2 aromatic carbocycles. The van der Waals surface area contributed by atoms with Gasteiger partial charge in [0.15, 0.2) is 0 Å². The van der Waals surface area contributed by atoms with Crippen LogP contribution in [0.15, 0.2) is 64.1 Å². The summed E-state index contributed by atoms with van der Waals surface area (Å²) in [4.78, 5) is 4.40. The molecule has 2 rings (SSSR count). The maximum absolute atomic E-state index is 5.46. The molecule has 0 heterocycles. The Morgan fingerprint density at radius 3 is 2.58 bits per heavy atom. The number of hydrogen-bond donors (Lipinski definition) is 3. The zero-order chi connectivity index (χ0) is 13.5. The van der Waals surface area contributed by atoms with Crippen molar-refractivity contribution in [1.82, 2.24) is 5.43 Å². The Kier molecular flexibility index (Phi) is 4.94. The van der Waals surface area contributed by atoms with Crippen LogP contribution in [0.4, 0.5) is 5.69 Å². The Bertz CT molecular complexity index is 554. The van der Waals surface area contributed by atoms with Crippen LogP contribution in [0.25, 0.3) is 0 Å². The number of guanidine groups is 1. The molecular weight excluding hydrogens is 304 g/mol. The summed E-state index contributed by atoms with van der Waals surface area (Å²) in [5.41, 5.74) is 4.61. The Morgan fingerprint density at radius 2 is 1.89 bits per heavy atom. The van der Waals surface area contributed by atoms with Gasteiger partial charge in [-0.25, -0.2) is 10.8 Å². The number of nitrogens with one attached hydrogen (secondary N) is 2. The topological polar surface area (TPSA) is 62.4 Å². The highest BCUT2D eigenvalue weighted by Crippen LogP contribution is 2.12. The Balaban J connectivity index is 2.03. The fourth-order valence-corrected chi connectivity index (χ4v) is 2.03. The summed E-state index contributed by atoms with van der Waals surface area (Å²) in [5, 5.41) is 3.12. The number of para-hydroxylation sites is 1. The van der Waals surface area contributed by atoms with Crippen molar-refractivity contribution in [1.29, 1.82) is 0 Å². The lowest BCUT2D eigenvalue weighted by Crippen LogP contribution is -2.36. The van der Waals surface area contributed by atoms with E-state index in [0.29, 0.717) is 12.5 Å². The van der Waals surface area contributed by atoms with Gasteiger partial charge in [0.05, 0.1) is 6.54 Å². The third kappa shape index (κ3) is 4.39. The van der Waals surface area contributed by atoms with Gasteiger partial charge in [0, 0.05) is 10.2 Å². The first-order chi connectivity index (χ1) is 9.28. The number of rotatable bonds is 3. The third-order valence-corrected chi connectivity index (χ3v) is 2.98. The van der Waals surface area contributed by atoms with Gasteiger partial charge in [-0.3, -0.25) is 5.43 Å². The minimum atomic E-state index is 0.533. The maximum Gasteiger partial charge on any atom is 0.210 e. The molecule has 0 atom stereocenters. The van der Waals surface area contributed by atoms with E-state index in [0.717, 1.165) is 15.7 Å². The van der Waals surface area contributed by atoms with Crippen LogP contribution in [-0.2, 0) is 6.54 Å². The molecule has 4 N–H and O–H groups in total. The largest absolute Gasteiger partial charge is 0.325 e. The van der Waals surface area contributed by atoms with Crippen LogP contribution in [-0.4, -0.2) is 5.96 Å². The van der Waals surface area contributed by atoms with Crippen molar-refractivity contribution >= 4 is 27.6 Å². The number of hydrazine groups is 1. The molecule has 0 unspecified atom stereocenters. The highest BCUT2D eigenvalue weighted by Gasteiger charge is 1.98. The van der Waals surface area contributed by atoms with Crippen molar-refractivity contribution in [2.75, 3.05) is 5.32 Å². The molecule has 0 aromatic heterocycles. The number of benzene rings is 2. The molecule has 0 fully saturated rings. The fraction of sp³-hybridized carbons (Fsp3) is 0.0714. The molecule has 0 aliphatic rings. The highest BCUT2D eigenvalue weighted by molar-refractivity contribution is 9.10. The first-order valence-corrected chi connectivity index (χ1v) is 6.65. The van der Waals surface area contributed by atoms with E-state index in [2.05, 4.69) is 31.7 Å². The van der Waals surface area contributed by atoms with Crippen molar-refractivity contribution in [3.05, 3.63) is 64.6 Å². The first-order valence-electron chi connectivity index (χ1n) is 5.85. The van der Waals surface area contributed by atoms with Crippen LogP contribution in [0, 0.1) is 0 Å². The normalized spacial score (nSPS) is 11.2. The van der Waals surface area contributed by atoms with Crippen molar-refractivity contribution in [3.63, 3.8) is 0 Å². The zero-order valence-electron chi connectivity index (χ0n) is 10.3. The van der Waals surface area contributed by atoms with E-state index in [1.807, 2.05) is 54.6 Å². The molecule has 2 aromatic rings. The number of nitrogens with two attached hydrogens (primary N) is 1. The molecular formula is C14H15BrN4. The monoisotopic (exact) mass is 318 g/mol. The van der Waals surface area contributed by atoms with Crippen molar-refractivity contribution in [3.8, 4) is 0 Å². The van der Waals surface area contributed by atoms with Crippen LogP contribution >= 0.6 is 15.9 Å². The van der Waals surface area contributed by atoms with Crippen LogP contribution < -0.4 is 16.6 Å². The first kappa shape index (κ1) is 13.6. The molecule has 4 nitrogen and oxygen atoms in total. The van der Waals surface area contributed by atoms with Crippen molar-refractivity contribution < 1.29 is 0 Å². The van der Waals surface area contributed by atoms with E-state index in [9.17, 15) is 0 Å². The smallest absolute Gasteiger partial charge is 0.210 e. The van der Waals surface area contributed by atoms with E-state index in [1.54, 1.807) is 0 Å². The lowest BCUT2D eigenvalue weighted by Gasteiger charge is -2.09. The van der Waals surface area contributed by atoms with Crippen molar-refractivity contribution in [2.24, 2.45) is 10.8 Å². The number of nitrogens with zero attached hydrogens (tertiary/aromatic N) is 1. The molecule has 0 saturated carbocycles. The number of halogens is 1. The molecule has 19 heavy (non-hydrogen) atoms. The van der Waals surface area contributed by atoms with Crippen molar-refractivity contribution in [2.45, 2.75) is 6.54 Å². The van der Waals surface area contributed by atoms with Gasteiger partial charge >= 0.3 is 0 Å². The van der Waals surface area contributed by atoms with Gasteiger partial charge in [-0.1, -0.05) is 46.3 Å². The van der Waals surface area contributed by atoms with Gasteiger partial charge in [-0.05, 0) is 29.8 Å². The summed E-state index contributed by atoms with van der Waals surface area (Å²) < 4.78 is 1.04. The standard InChI is InChI=1S/C14H15BrN4/c15-12-6-4-5-11(9-12)10-17-14(19-16)18-13-7-2-1-3-8-13/h1-9H,10,16H2,(H2,17,18,19). The van der Waals surface area contributed by atoms with E-state index >= 15 is 0 Å². The van der Waals surface area contributed by atoms with Crippen LogP contribution in [0.5, 0.6) is 0 Å². The minimum Gasteiger partial charge on any atom is -0.325 e. The van der Waals surface area contributed by atoms with Gasteiger partial charge in [0.25, 0.3) is 0 Å². The molecule has 0 bridgehead atoms. The van der Waals surface area contributed by atoms with E-state index in [-0.39, 0.29) is 0 Å². The highest BCUT2D eigenvalue weighted by atomic mass is 79.9. The SMILES string of the molecule is NNC(=NCc1cccc(Br)c1)Nc1ccccc1. The lowest BCUT2D eigenvalue weighted by molar-refractivity contribution is 0.968. The number of aliphatic imine (C=N–C) groups is 1. The fourth-order valence-electron chi connectivity index (χ4n) is 1.59. The summed E-state index contributed by atoms with van der Waals surface area (Å²) in [5.74, 6) is 6.00. The summed E-state index contributed by atoms with van der Waals surface area (Å²) >= 11 is 3.44. The van der Waals surface area contributed by atoms with Gasteiger partial charge in [-0.15, -0.1) is 0 Å². The van der Waals surface area contributed by atoms with E-state index in [1.165, 1.54) is 0 Å². The summed E-state index contributed by atoms with van der Waals surface area (Å²) in [7, 11) is 0. The average molecular weight is 319 g/mol. The van der Waals surface area contributed by atoms with Crippen LogP contribution in [0.2, 0.25) is 0 Å². The maximum atomic E-state index is 5.46. The van der Waals surface area contributed by atoms with E-state index < -0.39 is 0 Å². The predicted molar refractivity (Wildman–Crippen MR) is 82.7 cm³/mol. The molecule has 0 amide bonds. The second-order valence-corrected chi connectivity index (χ2v) is 4.85. The number of hydrogen-bond acceptors (Lipinski definition) is 2. The minimum absolute atomic E-state index is 0.533. The van der Waals surface area contributed by atoms with Gasteiger partial charge in [0.1, 0.15) is 0 Å². The molecule has 0 aliphatic carbocycles. The zero-order valence-corrected chi connectivity index (χ0v) is 11.9. The van der Waals surface area contributed by atoms with Crippen LogP contribution in [0.3, 0.4) is 0 Å². The second kappa shape index (κ2) is 6.92. The molecule has 5 heteroatoms. The summed E-state index contributed by atoms with van der Waals surface area (Å²) in [6.07, 6.45) is 0. The molecule has 98 valence electrons. The lowest BCUT2D eigenvalue weighted by atomic mass is 10.2. The Morgan fingerprint density at radius 1 is 1.11 bits per heavy atom. The molecule has 0 spiro atoms. The predicted octanol–water partition coefficient (Wildman–Crippen LogP) is 2.88. The van der Waals surface area contributed by atoms with Gasteiger partial charge < -0.3 is 5.32 Å².